The zero-order chi connectivity index (χ0) is 21.3. The molecular formula is C21H19ClN4O3S. The van der Waals surface area contributed by atoms with Crippen molar-refractivity contribution >= 4 is 45.9 Å². The third-order valence-electron chi connectivity index (χ3n) is 4.50. The molecule has 4 rings (SSSR count). The van der Waals surface area contributed by atoms with E-state index < -0.39 is 0 Å². The smallest absolute Gasteiger partial charge is 0.234 e. The van der Waals surface area contributed by atoms with Crippen LogP contribution in [0, 0.1) is 6.92 Å². The third kappa shape index (κ3) is 4.15. The minimum absolute atomic E-state index is 0.160. The Morgan fingerprint density at radius 2 is 2.07 bits per heavy atom. The Morgan fingerprint density at radius 1 is 1.23 bits per heavy atom. The van der Waals surface area contributed by atoms with Gasteiger partial charge >= 0.3 is 0 Å². The number of carbonyl (C=O) groups is 1. The van der Waals surface area contributed by atoms with E-state index in [1.165, 1.54) is 11.8 Å². The molecule has 0 saturated heterocycles. The van der Waals surface area contributed by atoms with Gasteiger partial charge < -0.3 is 19.0 Å². The van der Waals surface area contributed by atoms with Gasteiger partial charge in [0.25, 0.3) is 0 Å². The average molecular weight is 443 g/mol. The first kappa shape index (κ1) is 20.3. The number of amides is 1. The van der Waals surface area contributed by atoms with E-state index in [0.29, 0.717) is 33.2 Å². The molecule has 154 valence electrons. The van der Waals surface area contributed by atoms with E-state index in [1.807, 2.05) is 50.4 Å². The van der Waals surface area contributed by atoms with Crippen molar-refractivity contribution in [2.45, 2.75) is 12.1 Å². The fourth-order valence-corrected chi connectivity index (χ4v) is 3.91. The number of aryl methyl sites for hydroxylation is 1. The van der Waals surface area contributed by atoms with Crippen LogP contribution in [0.15, 0.2) is 52.0 Å². The summed E-state index contributed by atoms with van der Waals surface area (Å²) in [7, 11) is 3.40. The van der Waals surface area contributed by atoms with Crippen LogP contribution >= 0.6 is 23.4 Å². The Labute approximate surface area is 182 Å². The summed E-state index contributed by atoms with van der Waals surface area (Å²) in [4.78, 5) is 12.4. The first-order valence-corrected chi connectivity index (χ1v) is 10.5. The molecule has 0 aliphatic rings. The summed E-state index contributed by atoms with van der Waals surface area (Å²) in [6.07, 6.45) is 0. The maximum absolute atomic E-state index is 12.4. The molecule has 0 aliphatic heterocycles. The summed E-state index contributed by atoms with van der Waals surface area (Å²) in [6, 6.07) is 12.9. The molecule has 30 heavy (non-hydrogen) atoms. The lowest BCUT2D eigenvalue weighted by atomic mass is 10.2. The van der Waals surface area contributed by atoms with Crippen LogP contribution in [0.3, 0.4) is 0 Å². The largest absolute Gasteiger partial charge is 0.495 e. The maximum atomic E-state index is 12.4. The molecule has 0 fully saturated rings. The van der Waals surface area contributed by atoms with Crippen LogP contribution in [0.4, 0.5) is 5.69 Å². The van der Waals surface area contributed by atoms with Gasteiger partial charge in [0.1, 0.15) is 11.3 Å². The number of furan rings is 1. The van der Waals surface area contributed by atoms with Crippen molar-refractivity contribution in [1.82, 2.24) is 14.8 Å². The Bertz CT molecular complexity index is 1230. The van der Waals surface area contributed by atoms with Crippen molar-refractivity contribution in [3.63, 3.8) is 0 Å². The zero-order valence-corrected chi connectivity index (χ0v) is 18.2. The number of hydrogen-bond acceptors (Lipinski definition) is 6. The second kappa shape index (κ2) is 8.41. The van der Waals surface area contributed by atoms with Gasteiger partial charge in [0.15, 0.2) is 16.7 Å². The molecule has 1 N–H and O–H groups in total. The lowest BCUT2D eigenvalue weighted by molar-refractivity contribution is -0.113. The topological polar surface area (TPSA) is 82.2 Å². The lowest BCUT2D eigenvalue weighted by Gasteiger charge is -2.10. The van der Waals surface area contributed by atoms with Crippen LogP contribution in [-0.4, -0.2) is 33.5 Å². The van der Waals surface area contributed by atoms with E-state index in [4.69, 9.17) is 20.8 Å². The standard InChI is InChI=1S/C21H19ClN4O3S/c1-12-4-6-17(28-3)15(8-12)23-19(27)11-30-21-25-24-20(26(21)2)18-10-13-9-14(22)5-7-16(13)29-18/h4-10H,11H2,1-3H3,(H,23,27). The van der Waals surface area contributed by atoms with Crippen molar-refractivity contribution in [1.29, 1.82) is 0 Å². The number of hydrogen-bond donors (Lipinski definition) is 1. The first-order valence-electron chi connectivity index (χ1n) is 9.11. The van der Waals surface area contributed by atoms with Crippen LogP contribution in [0.2, 0.25) is 5.02 Å². The number of rotatable bonds is 6. The predicted octanol–water partition coefficient (Wildman–Crippen LogP) is 4.93. The molecule has 2 aromatic carbocycles. The number of halogens is 1. The van der Waals surface area contributed by atoms with Crippen molar-refractivity contribution < 1.29 is 13.9 Å². The van der Waals surface area contributed by atoms with Gasteiger partial charge in [-0.25, -0.2) is 0 Å². The highest BCUT2D eigenvalue weighted by Crippen LogP contribution is 2.30. The molecule has 0 bridgehead atoms. The van der Waals surface area contributed by atoms with Crippen molar-refractivity contribution in [3.05, 3.63) is 53.1 Å². The minimum atomic E-state index is -0.160. The van der Waals surface area contributed by atoms with Gasteiger partial charge in [-0.3, -0.25) is 4.79 Å². The summed E-state index contributed by atoms with van der Waals surface area (Å²) in [5, 5.41) is 13.4. The van der Waals surface area contributed by atoms with E-state index in [-0.39, 0.29) is 11.7 Å². The monoisotopic (exact) mass is 442 g/mol. The normalized spacial score (nSPS) is 11.1. The number of carbonyl (C=O) groups excluding carboxylic acids is 1. The number of fused-ring (bicyclic) bond motifs is 1. The molecule has 0 unspecified atom stereocenters. The SMILES string of the molecule is COc1ccc(C)cc1NC(=O)CSc1nnc(-c2cc3cc(Cl)ccc3o2)n1C. The number of aromatic nitrogens is 3. The molecule has 0 spiro atoms. The molecule has 0 radical (unpaired) electrons. The van der Waals surface area contributed by atoms with Crippen LogP contribution in [0.1, 0.15) is 5.56 Å². The number of anilines is 1. The van der Waals surface area contributed by atoms with Crippen LogP contribution in [0.5, 0.6) is 5.75 Å². The summed E-state index contributed by atoms with van der Waals surface area (Å²) in [6.45, 7) is 1.96. The highest BCUT2D eigenvalue weighted by molar-refractivity contribution is 7.99. The van der Waals surface area contributed by atoms with Crippen LogP contribution < -0.4 is 10.1 Å². The lowest BCUT2D eigenvalue weighted by Crippen LogP contribution is -2.15. The van der Waals surface area contributed by atoms with Gasteiger partial charge in [-0.15, -0.1) is 10.2 Å². The number of methoxy groups -OCH3 is 1. The molecule has 1 amide bonds. The number of benzene rings is 2. The molecule has 7 nitrogen and oxygen atoms in total. The fourth-order valence-electron chi connectivity index (χ4n) is 3.02. The van der Waals surface area contributed by atoms with Crippen LogP contribution in [0.25, 0.3) is 22.6 Å². The molecule has 4 aromatic rings. The zero-order valence-electron chi connectivity index (χ0n) is 16.6. The molecular weight excluding hydrogens is 424 g/mol. The highest BCUT2D eigenvalue weighted by atomic mass is 35.5. The van der Waals surface area contributed by atoms with Gasteiger partial charge in [-0.1, -0.05) is 29.4 Å². The molecule has 2 aromatic heterocycles. The molecule has 9 heteroatoms. The van der Waals surface area contributed by atoms with Gasteiger partial charge in [0.05, 0.1) is 18.6 Å². The van der Waals surface area contributed by atoms with Gasteiger partial charge in [-0.2, -0.15) is 0 Å². The van der Waals surface area contributed by atoms with E-state index in [2.05, 4.69) is 15.5 Å². The number of thioether (sulfide) groups is 1. The summed E-state index contributed by atoms with van der Waals surface area (Å²) in [5.41, 5.74) is 2.39. The predicted molar refractivity (Wildman–Crippen MR) is 118 cm³/mol. The summed E-state index contributed by atoms with van der Waals surface area (Å²) < 4.78 is 13.0. The van der Waals surface area contributed by atoms with E-state index in [0.717, 1.165) is 16.5 Å². The second-order valence-corrected chi connectivity index (χ2v) is 8.08. The van der Waals surface area contributed by atoms with Crippen molar-refractivity contribution in [3.8, 4) is 17.3 Å². The van der Waals surface area contributed by atoms with Gasteiger partial charge in [0, 0.05) is 17.5 Å². The first-order chi connectivity index (χ1) is 14.4. The Hall–Kier alpha value is -2.97. The number of nitrogens with one attached hydrogen (secondary N) is 1. The van der Waals surface area contributed by atoms with Gasteiger partial charge in [0.2, 0.25) is 5.91 Å². The molecule has 0 saturated carbocycles. The molecule has 0 aliphatic carbocycles. The summed E-state index contributed by atoms with van der Waals surface area (Å²) >= 11 is 7.33. The van der Waals surface area contributed by atoms with Crippen LogP contribution in [-0.2, 0) is 11.8 Å². The average Bonchev–Trinajstić information content (AvgIpc) is 3.29. The Balaban J connectivity index is 1.46. The Morgan fingerprint density at radius 3 is 2.87 bits per heavy atom. The van der Waals surface area contributed by atoms with Crippen molar-refractivity contribution in [2.75, 3.05) is 18.2 Å². The fraction of sp³-hybridized carbons (Fsp3) is 0.190. The Kier molecular flexibility index (Phi) is 5.69. The highest BCUT2D eigenvalue weighted by Gasteiger charge is 2.17. The van der Waals surface area contributed by atoms with E-state index in [9.17, 15) is 4.79 Å². The minimum Gasteiger partial charge on any atom is -0.495 e. The van der Waals surface area contributed by atoms with E-state index >= 15 is 0 Å². The van der Waals surface area contributed by atoms with E-state index in [1.54, 1.807) is 17.7 Å². The quantitative estimate of drug-likeness (QED) is 0.426. The number of ether oxygens (including phenoxy) is 1. The molecule has 0 atom stereocenters. The maximum Gasteiger partial charge on any atom is 0.234 e. The third-order valence-corrected chi connectivity index (χ3v) is 5.75. The molecule has 2 heterocycles. The summed E-state index contributed by atoms with van der Waals surface area (Å²) in [5.74, 6) is 1.80. The second-order valence-electron chi connectivity index (χ2n) is 6.70. The van der Waals surface area contributed by atoms with Gasteiger partial charge in [-0.05, 0) is 48.9 Å². The number of nitrogens with zero attached hydrogens (tertiary/aromatic N) is 3. The van der Waals surface area contributed by atoms with Crippen molar-refractivity contribution in [2.24, 2.45) is 7.05 Å².